The summed E-state index contributed by atoms with van der Waals surface area (Å²) in [5.74, 6) is 0. The lowest BCUT2D eigenvalue weighted by Gasteiger charge is -2.15. The van der Waals surface area contributed by atoms with Crippen LogP contribution in [-0.4, -0.2) is 17.6 Å². The molecule has 3 heteroatoms. The molecule has 16 heavy (non-hydrogen) atoms. The first-order valence-electron chi connectivity index (χ1n) is 6.33. The average Bonchev–Trinajstić information content (AvgIpc) is 2.59. The van der Waals surface area contributed by atoms with Crippen LogP contribution in [0.4, 0.5) is 0 Å². The van der Waals surface area contributed by atoms with Crippen LogP contribution >= 0.6 is 11.3 Å². The third-order valence-corrected chi connectivity index (χ3v) is 4.09. The Bertz CT molecular complexity index is 287. The molecule has 1 N–H and O–H groups in total. The summed E-state index contributed by atoms with van der Waals surface area (Å²) >= 11 is 1.85. The molecule has 1 atom stereocenters. The topological polar surface area (TPSA) is 24.9 Å². The molecule has 0 amide bonds. The zero-order valence-electron chi connectivity index (χ0n) is 11.0. The van der Waals surface area contributed by atoms with Crippen LogP contribution in [0.15, 0.2) is 0 Å². The van der Waals surface area contributed by atoms with Gasteiger partial charge in [-0.25, -0.2) is 4.98 Å². The maximum atomic E-state index is 4.59. The minimum absolute atomic E-state index is 0.657. The van der Waals surface area contributed by atoms with Crippen LogP contribution in [0.3, 0.4) is 0 Å². The lowest BCUT2D eigenvalue weighted by molar-refractivity contribution is 0.468. The molecule has 1 heterocycles. The molecule has 0 spiro atoms. The van der Waals surface area contributed by atoms with Crippen LogP contribution in [0.1, 0.15) is 48.7 Å². The van der Waals surface area contributed by atoms with Gasteiger partial charge in [0, 0.05) is 17.3 Å². The minimum atomic E-state index is 0.657. The second-order valence-electron chi connectivity index (χ2n) is 4.35. The van der Waals surface area contributed by atoms with Crippen molar-refractivity contribution in [1.82, 2.24) is 10.3 Å². The van der Waals surface area contributed by atoms with Gasteiger partial charge in [0.2, 0.25) is 0 Å². The van der Waals surface area contributed by atoms with Gasteiger partial charge in [-0.2, -0.15) is 0 Å². The number of rotatable bonds is 7. The summed E-state index contributed by atoms with van der Waals surface area (Å²) in [5.41, 5.74) is 1.20. The van der Waals surface area contributed by atoms with Gasteiger partial charge in [-0.1, -0.05) is 13.8 Å². The minimum Gasteiger partial charge on any atom is -0.314 e. The number of thiazole rings is 1. The van der Waals surface area contributed by atoms with Crippen LogP contribution in [0.5, 0.6) is 0 Å². The maximum Gasteiger partial charge on any atom is 0.0931 e. The Morgan fingerprint density at radius 3 is 2.56 bits per heavy atom. The Morgan fingerprint density at radius 1 is 1.31 bits per heavy atom. The summed E-state index contributed by atoms with van der Waals surface area (Å²) in [4.78, 5) is 5.95. The summed E-state index contributed by atoms with van der Waals surface area (Å²) in [5, 5.41) is 4.89. The fourth-order valence-corrected chi connectivity index (χ4v) is 2.69. The molecule has 92 valence electrons. The van der Waals surface area contributed by atoms with Crippen molar-refractivity contribution in [2.75, 3.05) is 6.54 Å². The standard InChI is InChI=1S/C13H24N2S/c1-5-9-14-12(6-2)7-8-13-15-10(3)11(4)16-13/h12,14H,5-9H2,1-4H3. The number of hydrogen-bond donors (Lipinski definition) is 1. The molecule has 0 bridgehead atoms. The first-order valence-corrected chi connectivity index (χ1v) is 7.15. The van der Waals surface area contributed by atoms with Gasteiger partial charge < -0.3 is 5.32 Å². The third kappa shape index (κ3) is 4.22. The molecule has 0 radical (unpaired) electrons. The molecule has 2 nitrogen and oxygen atoms in total. The van der Waals surface area contributed by atoms with Gasteiger partial charge in [0.25, 0.3) is 0 Å². The Hall–Kier alpha value is -0.410. The van der Waals surface area contributed by atoms with Crippen LogP contribution in [-0.2, 0) is 6.42 Å². The number of nitrogens with one attached hydrogen (secondary N) is 1. The van der Waals surface area contributed by atoms with E-state index in [4.69, 9.17) is 0 Å². The Kier molecular flexibility index (Phi) is 5.99. The van der Waals surface area contributed by atoms with Gasteiger partial charge in [-0.15, -0.1) is 11.3 Å². The first kappa shape index (κ1) is 13.7. The second-order valence-corrected chi connectivity index (χ2v) is 5.63. The van der Waals surface area contributed by atoms with E-state index in [1.165, 1.54) is 34.8 Å². The van der Waals surface area contributed by atoms with Crippen molar-refractivity contribution in [3.8, 4) is 0 Å². The van der Waals surface area contributed by atoms with Crippen molar-refractivity contribution in [1.29, 1.82) is 0 Å². The molecule has 0 saturated heterocycles. The van der Waals surface area contributed by atoms with Gasteiger partial charge >= 0.3 is 0 Å². The zero-order chi connectivity index (χ0) is 12.0. The van der Waals surface area contributed by atoms with Crippen molar-refractivity contribution >= 4 is 11.3 Å². The maximum absolute atomic E-state index is 4.59. The smallest absolute Gasteiger partial charge is 0.0931 e. The van der Waals surface area contributed by atoms with Gasteiger partial charge in [-0.05, 0) is 39.7 Å². The van der Waals surface area contributed by atoms with Crippen LogP contribution in [0, 0.1) is 13.8 Å². The van der Waals surface area contributed by atoms with Gasteiger partial charge in [0.15, 0.2) is 0 Å². The normalized spacial score (nSPS) is 13.0. The van der Waals surface area contributed by atoms with E-state index in [-0.39, 0.29) is 0 Å². The Morgan fingerprint density at radius 2 is 2.06 bits per heavy atom. The number of hydrogen-bond acceptors (Lipinski definition) is 3. The molecule has 1 rings (SSSR count). The largest absolute Gasteiger partial charge is 0.314 e. The Balaban J connectivity index is 2.37. The summed E-state index contributed by atoms with van der Waals surface area (Å²) < 4.78 is 0. The molecule has 0 aliphatic rings. The van der Waals surface area contributed by atoms with Gasteiger partial charge in [0.05, 0.1) is 10.7 Å². The van der Waals surface area contributed by atoms with Crippen molar-refractivity contribution in [2.24, 2.45) is 0 Å². The van der Waals surface area contributed by atoms with E-state index < -0.39 is 0 Å². The molecule has 0 aromatic carbocycles. The number of aryl methyl sites for hydroxylation is 3. The predicted octanol–water partition coefficient (Wildman–Crippen LogP) is 3.47. The van der Waals surface area contributed by atoms with Gasteiger partial charge in [-0.3, -0.25) is 0 Å². The summed E-state index contributed by atoms with van der Waals surface area (Å²) in [6.07, 6.45) is 4.76. The summed E-state index contributed by atoms with van der Waals surface area (Å²) in [6.45, 7) is 9.86. The lowest BCUT2D eigenvalue weighted by Crippen LogP contribution is -2.29. The Labute approximate surface area is 103 Å². The third-order valence-electron chi connectivity index (χ3n) is 2.96. The molecule has 1 unspecified atom stereocenters. The second kappa shape index (κ2) is 7.02. The number of nitrogens with zero attached hydrogens (tertiary/aromatic N) is 1. The van der Waals surface area contributed by atoms with E-state index in [0.717, 1.165) is 13.0 Å². The summed E-state index contributed by atoms with van der Waals surface area (Å²) in [6, 6.07) is 0.657. The van der Waals surface area contributed by atoms with Gasteiger partial charge in [0.1, 0.15) is 0 Å². The highest BCUT2D eigenvalue weighted by Crippen LogP contribution is 2.18. The average molecular weight is 240 g/mol. The molecule has 0 saturated carbocycles. The number of aromatic nitrogens is 1. The monoisotopic (exact) mass is 240 g/mol. The summed E-state index contributed by atoms with van der Waals surface area (Å²) in [7, 11) is 0. The van der Waals surface area contributed by atoms with E-state index in [1.54, 1.807) is 0 Å². The zero-order valence-corrected chi connectivity index (χ0v) is 11.8. The fraction of sp³-hybridized carbons (Fsp3) is 0.769. The SMILES string of the molecule is CCCNC(CC)CCc1nc(C)c(C)s1. The quantitative estimate of drug-likeness (QED) is 0.789. The molecule has 0 aliphatic heterocycles. The van der Waals surface area contributed by atoms with E-state index in [2.05, 4.69) is 38.0 Å². The highest BCUT2D eigenvalue weighted by atomic mass is 32.1. The predicted molar refractivity (Wildman–Crippen MR) is 72.3 cm³/mol. The fourth-order valence-electron chi connectivity index (χ4n) is 1.74. The van der Waals surface area contributed by atoms with Crippen molar-refractivity contribution in [3.63, 3.8) is 0 Å². The van der Waals surface area contributed by atoms with Crippen LogP contribution in [0.25, 0.3) is 0 Å². The highest BCUT2D eigenvalue weighted by molar-refractivity contribution is 7.11. The lowest BCUT2D eigenvalue weighted by atomic mass is 10.1. The molecule has 0 aliphatic carbocycles. The van der Waals surface area contributed by atoms with Crippen LogP contribution in [0.2, 0.25) is 0 Å². The first-order chi connectivity index (χ1) is 7.67. The van der Waals surface area contributed by atoms with E-state index in [9.17, 15) is 0 Å². The van der Waals surface area contributed by atoms with Crippen molar-refractivity contribution in [2.45, 2.75) is 59.4 Å². The molecular formula is C13H24N2S. The van der Waals surface area contributed by atoms with E-state index in [0.29, 0.717) is 6.04 Å². The van der Waals surface area contributed by atoms with Crippen LogP contribution < -0.4 is 5.32 Å². The molecule has 1 aromatic rings. The molecular weight excluding hydrogens is 216 g/mol. The van der Waals surface area contributed by atoms with E-state index in [1.807, 2.05) is 11.3 Å². The van der Waals surface area contributed by atoms with Crippen molar-refractivity contribution < 1.29 is 0 Å². The molecule has 1 aromatic heterocycles. The van der Waals surface area contributed by atoms with E-state index >= 15 is 0 Å². The van der Waals surface area contributed by atoms with Crippen molar-refractivity contribution in [3.05, 3.63) is 15.6 Å². The highest BCUT2D eigenvalue weighted by Gasteiger charge is 2.08. The molecule has 0 fully saturated rings.